The maximum Gasteiger partial charge on any atom is 0.138 e. The van der Waals surface area contributed by atoms with Crippen LogP contribution in [0.1, 0.15) is 16.0 Å². The van der Waals surface area contributed by atoms with Crippen molar-refractivity contribution in [3.05, 3.63) is 57.6 Å². The van der Waals surface area contributed by atoms with Gasteiger partial charge in [-0.3, -0.25) is 0 Å². The Morgan fingerprint density at radius 1 is 0.900 bits per heavy atom. The molecule has 2 aromatic carbocycles. The Bertz CT molecular complexity index is 617. The van der Waals surface area contributed by atoms with E-state index in [1.807, 2.05) is 24.3 Å². The third kappa shape index (κ3) is 3.05. The van der Waals surface area contributed by atoms with Crippen molar-refractivity contribution in [3.8, 4) is 11.5 Å². The smallest absolute Gasteiger partial charge is 0.138 e. The van der Waals surface area contributed by atoms with Crippen LogP contribution in [-0.4, -0.2) is 14.2 Å². The number of methoxy groups -OCH3 is 2. The Hall–Kier alpha value is -0.900. The minimum atomic E-state index is -0.116. The van der Waals surface area contributed by atoms with Crippen LogP contribution in [0.2, 0.25) is 10.0 Å². The third-order valence-electron chi connectivity index (χ3n) is 2.96. The van der Waals surface area contributed by atoms with Crippen molar-refractivity contribution >= 4 is 39.1 Å². The molecule has 2 aromatic rings. The zero-order valence-corrected chi connectivity index (χ0v) is 14.1. The molecular formula is C15H13BrCl2O2. The van der Waals surface area contributed by atoms with Gasteiger partial charge in [0.2, 0.25) is 0 Å². The topological polar surface area (TPSA) is 18.5 Å². The van der Waals surface area contributed by atoms with Gasteiger partial charge in [0.05, 0.1) is 24.1 Å². The first-order valence-corrected chi connectivity index (χ1v) is 7.55. The van der Waals surface area contributed by atoms with Crippen LogP contribution in [0.5, 0.6) is 11.5 Å². The molecule has 106 valence electrons. The van der Waals surface area contributed by atoms with Gasteiger partial charge in [-0.2, -0.15) is 0 Å². The van der Waals surface area contributed by atoms with E-state index in [4.69, 9.17) is 32.7 Å². The lowest BCUT2D eigenvalue weighted by atomic mass is 10.0. The lowest BCUT2D eigenvalue weighted by molar-refractivity contribution is 0.410. The second-order valence-electron chi connectivity index (χ2n) is 4.11. The molecule has 1 unspecified atom stereocenters. The molecular weight excluding hydrogens is 363 g/mol. The maximum absolute atomic E-state index is 6.31. The third-order valence-corrected chi connectivity index (χ3v) is 4.57. The maximum atomic E-state index is 6.31. The number of alkyl halides is 1. The zero-order valence-electron chi connectivity index (χ0n) is 11.0. The molecule has 20 heavy (non-hydrogen) atoms. The largest absolute Gasteiger partial charge is 0.496 e. The van der Waals surface area contributed by atoms with E-state index in [2.05, 4.69) is 15.9 Å². The molecule has 0 heterocycles. The second kappa shape index (κ2) is 6.70. The summed E-state index contributed by atoms with van der Waals surface area (Å²) in [5, 5.41) is 1.10. The Labute approximate surface area is 136 Å². The monoisotopic (exact) mass is 374 g/mol. The van der Waals surface area contributed by atoms with Gasteiger partial charge in [0.25, 0.3) is 0 Å². The first kappa shape index (κ1) is 15.5. The fraction of sp³-hybridized carbons (Fsp3) is 0.200. The number of benzene rings is 2. The van der Waals surface area contributed by atoms with E-state index in [0.717, 1.165) is 16.9 Å². The molecule has 1 atom stereocenters. The molecule has 0 saturated heterocycles. The van der Waals surface area contributed by atoms with Crippen molar-refractivity contribution in [1.82, 2.24) is 0 Å². The van der Waals surface area contributed by atoms with Crippen LogP contribution in [0.4, 0.5) is 0 Å². The highest BCUT2D eigenvalue weighted by molar-refractivity contribution is 9.09. The summed E-state index contributed by atoms with van der Waals surface area (Å²) >= 11 is 16.1. The van der Waals surface area contributed by atoms with Gasteiger partial charge in [-0.05, 0) is 17.7 Å². The SMILES string of the molecule is COc1cc(Cl)c(C(Br)c2ccccc2OC)cc1Cl. The molecule has 2 nitrogen and oxygen atoms in total. The highest BCUT2D eigenvalue weighted by Gasteiger charge is 2.19. The summed E-state index contributed by atoms with van der Waals surface area (Å²) < 4.78 is 10.5. The van der Waals surface area contributed by atoms with E-state index in [1.165, 1.54) is 0 Å². The number of ether oxygens (including phenoxy) is 2. The molecule has 0 fully saturated rings. The molecule has 0 saturated carbocycles. The Morgan fingerprint density at radius 2 is 1.55 bits per heavy atom. The molecule has 0 amide bonds. The van der Waals surface area contributed by atoms with Gasteiger partial charge in [-0.1, -0.05) is 57.3 Å². The Kier molecular flexibility index (Phi) is 5.19. The standard InChI is InChI=1S/C15H13BrCl2O2/c1-19-13-6-4-3-5-9(13)15(16)10-7-12(18)14(20-2)8-11(10)17/h3-8,15H,1-2H3. The normalized spacial score (nSPS) is 12.1. The number of rotatable bonds is 4. The van der Waals surface area contributed by atoms with E-state index < -0.39 is 0 Å². The van der Waals surface area contributed by atoms with Gasteiger partial charge in [0.15, 0.2) is 0 Å². The summed E-state index contributed by atoms with van der Waals surface area (Å²) in [7, 11) is 3.20. The first-order valence-electron chi connectivity index (χ1n) is 5.88. The zero-order chi connectivity index (χ0) is 14.7. The number of hydrogen-bond acceptors (Lipinski definition) is 2. The summed E-state index contributed by atoms with van der Waals surface area (Å²) in [5.74, 6) is 1.34. The van der Waals surface area contributed by atoms with Crippen molar-refractivity contribution in [2.24, 2.45) is 0 Å². The molecule has 0 aliphatic carbocycles. The van der Waals surface area contributed by atoms with Crippen molar-refractivity contribution in [3.63, 3.8) is 0 Å². The minimum absolute atomic E-state index is 0.116. The fourth-order valence-electron chi connectivity index (χ4n) is 1.94. The summed E-state index contributed by atoms with van der Waals surface area (Å²) in [6.45, 7) is 0. The van der Waals surface area contributed by atoms with E-state index >= 15 is 0 Å². The van der Waals surface area contributed by atoms with Gasteiger partial charge in [-0.15, -0.1) is 0 Å². The second-order valence-corrected chi connectivity index (χ2v) is 5.84. The summed E-state index contributed by atoms with van der Waals surface area (Å²) in [6.07, 6.45) is 0. The highest BCUT2D eigenvalue weighted by Crippen LogP contribution is 2.42. The summed E-state index contributed by atoms with van der Waals surface area (Å²) in [4.78, 5) is -0.116. The minimum Gasteiger partial charge on any atom is -0.496 e. The van der Waals surface area contributed by atoms with Crippen LogP contribution in [0.25, 0.3) is 0 Å². The molecule has 0 aromatic heterocycles. The molecule has 0 N–H and O–H groups in total. The molecule has 5 heteroatoms. The Balaban J connectivity index is 2.48. The highest BCUT2D eigenvalue weighted by atomic mass is 79.9. The Morgan fingerprint density at radius 3 is 2.20 bits per heavy atom. The van der Waals surface area contributed by atoms with Crippen molar-refractivity contribution in [1.29, 1.82) is 0 Å². The van der Waals surface area contributed by atoms with Gasteiger partial charge < -0.3 is 9.47 Å². The summed E-state index contributed by atoms with van der Waals surface area (Å²) in [5.41, 5.74) is 1.85. The summed E-state index contributed by atoms with van der Waals surface area (Å²) in [6, 6.07) is 11.3. The lowest BCUT2D eigenvalue weighted by Crippen LogP contribution is -1.98. The van der Waals surface area contributed by atoms with Crippen LogP contribution in [0.3, 0.4) is 0 Å². The van der Waals surface area contributed by atoms with Gasteiger partial charge in [0.1, 0.15) is 11.5 Å². The van der Waals surface area contributed by atoms with Crippen LogP contribution in [0, 0.1) is 0 Å². The molecule has 0 spiro atoms. The number of halogens is 3. The predicted molar refractivity (Wildman–Crippen MR) is 86.8 cm³/mol. The molecule has 2 rings (SSSR count). The first-order chi connectivity index (χ1) is 9.58. The van der Waals surface area contributed by atoms with E-state index in [0.29, 0.717) is 15.8 Å². The number of hydrogen-bond donors (Lipinski definition) is 0. The van der Waals surface area contributed by atoms with Crippen molar-refractivity contribution in [2.75, 3.05) is 14.2 Å². The predicted octanol–water partition coefficient (Wildman–Crippen LogP) is 5.49. The lowest BCUT2D eigenvalue weighted by Gasteiger charge is -2.17. The fourth-order valence-corrected chi connectivity index (χ4v) is 3.34. The quantitative estimate of drug-likeness (QED) is 0.657. The van der Waals surface area contributed by atoms with E-state index in [-0.39, 0.29) is 4.83 Å². The van der Waals surface area contributed by atoms with Crippen molar-refractivity contribution in [2.45, 2.75) is 4.83 Å². The molecule has 0 bridgehead atoms. The van der Waals surface area contributed by atoms with Crippen LogP contribution in [0.15, 0.2) is 36.4 Å². The van der Waals surface area contributed by atoms with Crippen LogP contribution < -0.4 is 9.47 Å². The van der Waals surface area contributed by atoms with Gasteiger partial charge >= 0.3 is 0 Å². The number of para-hydroxylation sites is 1. The van der Waals surface area contributed by atoms with E-state index in [1.54, 1.807) is 26.4 Å². The molecule has 0 aliphatic heterocycles. The molecule has 0 radical (unpaired) electrons. The average Bonchev–Trinajstić information content (AvgIpc) is 2.48. The van der Waals surface area contributed by atoms with Gasteiger partial charge in [0, 0.05) is 16.7 Å². The van der Waals surface area contributed by atoms with Gasteiger partial charge in [-0.25, -0.2) is 0 Å². The van der Waals surface area contributed by atoms with Crippen LogP contribution >= 0.6 is 39.1 Å². The van der Waals surface area contributed by atoms with Crippen LogP contribution in [-0.2, 0) is 0 Å². The molecule has 0 aliphatic rings. The van der Waals surface area contributed by atoms with E-state index in [9.17, 15) is 0 Å². The van der Waals surface area contributed by atoms with Crippen molar-refractivity contribution < 1.29 is 9.47 Å². The average molecular weight is 376 g/mol.